The van der Waals surface area contributed by atoms with Gasteiger partial charge in [0, 0.05) is 34.2 Å². The normalized spacial score (nSPS) is 18.2. The predicted octanol–water partition coefficient (Wildman–Crippen LogP) is 1.75. The Labute approximate surface area is 129 Å². The third-order valence-electron chi connectivity index (χ3n) is 3.94. The number of nitrogens with zero attached hydrogens (tertiary/aromatic N) is 2. The van der Waals surface area contributed by atoms with Gasteiger partial charge in [0.1, 0.15) is 0 Å². The molecule has 0 heterocycles. The van der Waals surface area contributed by atoms with Crippen molar-refractivity contribution in [1.82, 2.24) is 15.5 Å². The Morgan fingerprint density at radius 3 is 2.27 bits per heavy atom. The second-order valence-corrected chi connectivity index (χ2v) is 5.90. The molecule has 1 saturated carbocycles. The van der Waals surface area contributed by atoms with Gasteiger partial charge < -0.3 is 15.5 Å². The molecule has 1 fully saturated rings. The molecule has 0 aromatic carbocycles. The Bertz CT molecular complexity index is 401. The van der Waals surface area contributed by atoms with E-state index in [9.17, 15) is 18.0 Å². The third kappa shape index (κ3) is 5.38. The molecule has 128 valence electrons. The van der Waals surface area contributed by atoms with Crippen LogP contribution < -0.4 is 10.6 Å². The van der Waals surface area contributed by atoms with Crippen molar-refractivity contribution in [3.05, 3.63) is 0 Å². The number of hydrogen-bond donors (Lipinski definition) is 2. The Morgan fingerprint density at radius 1 is 1.23 bits per heavy atom. The number of halogens is 3. The summed E-state index contributed by atoms with van der Waals surface area (Å²) in [5.74, 6) is 0.352. The first-order chi connectivity index (χ1) is 10.2. The number of rotatable bonds is 5. The second-order valence-electron chi connectivity index (χ2n) is 5.90. The maximum Gasteiger partial charge on any atom is 0.390 e. The molecule has 0 atom stereocenters. The van der Waals surface area contributed by atoms with Crippen molar-refractivity contribution in [3.8, 4) is 0 Å². The maximum absolute atomic E-state index is 12.4. The number of carbonyl (C=O) groups excluding carboxylic acids is 1. The lowest BCUT2D eigenvalue weighted by molar-refractivity contribution is -0.138. The topological polar surface area (TPSA) is 56.7 Å². The third-order valence-corrected chi connectivity index (χ3v) is 3.94. The fourth-order valence-electron chi connectivity index (χ4n) is 2.79. The van der Waals surface area contributed by atoms with Crippen molar-refractivity contribution < 1.29 is 18.0 Å². The van der Waals surface area contributed by atoms with Crippen molar-refractivity contribution in [3.63, 3.8) is 0 Å². The molecule has 1 amide bonds. The summed E-state index contributed by atoms with van der Waals surface area (Å²) in [7, 11) is 4.94. The van der Waals surface area contributed by atoms with Gasteiger partial charge in [0.05, 0.1) is 11.8 Å². The molecule has 0 radical (unpaired) electrons. The first kappa shape index (κ1) is 18.6. The van der Waals surface area contributed by atoms with Crippen molar-refractivity contribution in [2.24, 2.45) is 10.4 Å². The highest BCUT2D eigenvalue weighted by atomic mass is 19.4. The average Bonchev–Trinajstić information content (AvgIpc) is 2.90. The fraction of sp³-hybridized carbons (Fsp3) is 0.857. The zero-order valence-corrected chi connectivity index (χ0v) is 13.4. The summed E-state index contributed by atoms with van der Waals surface area (Å²) in [5.41, 5.74) is -0.481. The minimum absolute atomic E-state index is 0.0586. The monoisotopic (exact) mass is 322 g/mol. The van der Waals surface area contributed by atoms with Crippen LogP contribution in [0, 0.1) is 5.41 Å². The molecule has 22 heavy (non-hydrogen) atoms. The van der Waals surface area contributed by atoms with Gasteiger partial charge in [0.15, 0.2) is 5.96 Å². The van der Waals surface area contributed by atoms with Gasteiger partial charge in [-0.3, -0.25) is 9.79 Å². The summed E-state index contributed by atoms with van der Waals surface area (Å²) < 4.78 is 36.4. The van der Waals surface area contributed by atoms with Gasteiger partial charge in [-0.25, -0.2) is 0 Å². The molecule has 0 spiro atoms. The molecule has 2 N–H and O–H groups in total. The van der Waals surface area contributed by atoms with E-state index in [1.807, 2.05) is 0 Å². The number of nitrogens with one attached hydrogen (secondary N) is 2. The smallest absolute Gasteiger partial charge is 0.356 e. The van der Waals surface area contributed by atoms with Gasteiger partial charge in [-0.1, -0.05) is 12.8 Å². The highest BCUT2D eigenvalue weighted by molar-refractivity contribution is 5.85. The number of alkyl halides is 3. The highest BCUT2D eigenvalue weighted by Gasteiger charge is 2.42. The van der Waals surface area contributed by atoms with E-state index in [1.165, 1.54) is 7.05 Å². The van der Waals surface area contributed by atoms with Crippen LogP contribution in [0.15, 0.2) is 4.99 Å². The Kier molecular flexibility index (Phi) is 6.49. The molecule has 0 unspecified atom stereocenters. The lowest BCUT2D eigenvalue weighted by Crippen LogP contribution is -2.49. The average molecular weight is 322 g/mol. The van der Waals surface area contributed by atoms with E-state index in [1.54, 1.807) is 19.0 Å². The van der Waals surface area contributed by atoms with Crippen LogP contribution >= 0.6 is 0 Å². The summed E-state index contributed by atoms with van der Waals surface area (Å²) in [6.07, 6.45) is -1.56. The summed E-state index contributed by atoms with van der Waals surface area (Å²) in [5, 5.41) is 5.63. The molecule has 0 aromatic heterocycles. The van der Waals surface area contributed by atoms with Crippen LogP contribution in [0.5, 0.6) is 0 Å². The van der Waals surface area contributed by atoms with Crippen LogP contribution in [0.25, 0.3) is 0 Å². The standard InChI is InChI=1S/C14H25F3N4O/c1-18-12(19-9-8-14(15,16)17)20-10-13(6-4-5-7-13)11(22)21(2)3/h4-10H2,1-3H3,(H2,18,19,20). The highest BCUT2D eigenvalue weighted by Crippen LogP contribution is 2.38. The van der Waals surface area contributed by atoms with E-state index in [2.05, 4.69) is 15.6 Å². The molecule has 5 nitrogen and oxygen atoms in total. The van der Waals surface area contributed by atoms with Crippen LogP contribution in [0.4, 0.5) is 13.2 Å². The Balaban J connectivity index is 2.55. The van der Waals surface area contributed by atoms with Crippen LogP contribution in [-0.2, 0) is 4.79 Å². The number of guanidine groups is 1. The van der Waals surface area contributed by atoms with E-state index in [0.717, 1.165) is 25.7 Å². The zero-order valence-electron chi connectivity index (χ0n) is 13.4. The molecule has 0 saturated heterocycles. The molecule has 1 aliphatic rings. The molecule has 0 aliphatic heterocycles. The quantitative estimate of drug-likeness (QED) is 0.599. The van der Waals surface area contributed by atoms with Crippen molar-refractivity contribution in [2.75, 3.05) is 34.2 Å². The summed E-state index contributed by atoms with van der Waals surface area (Å²) in [6, 6.07) is 0. The van der Waals surface area contributed by atoms with Gasteiger partial charge >= 0.3 is 6.18 Å². The van der Waals surface area contributed by atoms with Crippen LogP contribution in [0.3, 0.4) is 0 Å². The molecule has 8 heteroatoms. The minimum atomic E-state index is -4.20. The minimum Gasteiger partial charge on any atom is -0.356 e. The van der Waals surface area contributed by atoms with Gasteiger partial charge in [-0.2, -0.15) is 13.2 Å². The Morgan fingerprint density at radius 2 is 1.82 bits per heavy atom. The van der Waals surface area contributed by atoms with Gasteiger partial charge in [-0.15, -0.1) is 0 Å². The second kappa shape index (κ2) is 7.69. The van der Waals surface area contributed by atoms with Crippen LogP contribution in [0.1, 0.15) is 32.1 Å². The maximum atomic E-state index is 12.4. The largest absolute Gasteiger partial charge is 0.390 e. The predicted molar refractivity (Wildman–Crippen MR) is 79.6 cm³/mol. The van der Waals surface area contributed by atoms with E-state index < -0.39 is 18.0 Å². The van der Waals surface area contributed by atoms with Crippen molar-refractivity contribution in [2.45, 2.75) is 38.3 Å². The van der Waals surface area contributed by atoms with E-state index in [-0.39, 0.29) is 12.5 Å². The van der Waals surface area contributed by atoms with Crippen LogP contribution in [-0.4, -0.2) is 57.2 Å². The first-order valence-corrected chi connectivity index (χ1v) is 7.43. The molecule has 1 aliphatic carbocycles. The van der Waals surface area contributed by atoms with Crippen molar-refractivity contribution in [1.29, 1.82) is 0 Å². The Hall–Kier alpha value is -1.47. The molecule has 0 aromatic rings. The lowest BCUT2D eigenvalue weighted by atomic mass is 9.84. The SMILES string of the molecule is CN=C(NCCC(F)(F)F)NCC1(C(=O)N(C)C)CCCC1. The van der Waals surface area contributed by atoms with Crippen LogP contribution in [0.2, 0.25) is 0 Å². The first-order valence-electron chi connectivity index (χ1n) is 7.43. The number of aliphatic imine (C=N–C) groups is 1. The molecule has 1 rings (SSSR count). The van der Waals surface area contributed by atoms with E-state index in [4.69, 9.17) is 0 Å². The fourth-order valence-corrected chi connectivity index (χ4v) is 2.79. The zero-order chi connectivity index (χ0) is 16.8. The number of hydrogen-bond acceptors (Lipinski definition) is 2. The number of carbonyl (C=O) groups is 1. The summed E-state index contributed by atoms with van der Waals surface area (Å²) in [6.45, 7) is 0.146. The summed E-state index contributed by atoms with van der Waals surface area (Å²) >= 11 is 0. The molecule has 0 bridgehead atoms. The van der Waals surface area contributed by atoms with Gasteiger partial charge in [-0.05, 0) is 12.8 Å². The van der Waals surface area contributed by atoms with Crippen molar-refractivity contribution >= 4 is 11.9 Å². The number of amides is 1. The van der Waals surface area contributed by atoms with E-state index >= 15 is 0 Å². The molecular weight excluding hydrogens is 297 g/mol. The van der Waals surface area contributed by atoms with E-state index in [0.29, 0.717) is 12.5 Å². The lowest BCUT2D eigenvalue weighted by Gasteiger charge is -2.31. The summed E-state index contributed by atoms with van der Waals surface area (Å²) in [4.78, 5) is 17.9. The van der Waals surface area contributed by atoms with Gasteiger partial charge in [0.25, 0.3) is 0 Å². The van der Waals surface area contributed by atoms with Gasteiger partial charge in [0.2, 0.25) is 5.91 Å². The molecular formula is C14H25F3N4O.